The molecule has 2 aromatic heterocycles. The number of likely N-dealkylation sites (tertiary alicyclic amines) is 1. The second kappa shape index (κ2) is 10.2. The van der Waals surface area contributed by atoms with Crippen molar-refractivity contribution < 1.29 is 9.53 Å². The number of carbonyl (C=O) groups is 1. The van der Waals surface area contributed by atoms with Crippen molar-refractivity contribution in [2.45, 2.75) is 44.6 Å². The topological polar surface area (TPSA) is 72.3 Å². The summed E-state index contributed by atoms with van der Waals surface area (Å²) in [7, 11) is 1.79. The fourth-order valence-electron chi connectivity index (χ4n) is 4.95. The quantitative estimate of drug-likeness (QED) is 0.758. The first-order valence-corrected chi connectivity index (χ1v) is 11.2. The number of amides is 1. The molecule has 1 N–H and O–H groups in total. The number of methoxy groups -OCH3 is 1. The lowest BCUT2D eigenvalue weighted by Gasteiger charge is -2.39. The number of nitrogens with one attached hydrogen (secondary N) is 1. The second-order valence-corrected chi connectivity index (χ2v) is 8.70. The van der Waals surface area contributed by atoms with Crippen LogP contribution in [0.3, 0.4) is 0 Å². The summed E-state index contributed by atoms with van der Waals surface area (Å²) in [6, 6.07) is 5.76. The van der Waals surface area contributed by atoms with E-state index in [1.54, 1.807) is 24.2 Å². The number of nitrogens with zero attached hydrogens (tertiary/aromatic N) is 4. The van der Waals surface area contributed by atoms with E-state index < -0.39 is 0 Å². The number of ether oxygens (including phenoxy) is 1. The van der Waals surface area contributed by atoms with Crippen molar-refractivity contribution in [1.82, 2.24) is 25.0 Å². The smallest absolute Gasteiger partial charge is 0.253 e. The van der Waals surface area contributed by atoms with Crippen LogP contribution in [-0.2, 0) is 4.74 Å². The predicted molar refractivity (Wildman–Crippen MR) is 116 cm³/mol. The molecule has 2 aromatic rings. The highest BCUT2D eigenvalue weighted by Crippen LogP contribution is 2.27. The molecule has 0 radical (unpaired) electrons. The highest BCUT2D eigenvalue weighted by molar-refractivity contribution is 5.94. The van der Waals surface area contributed by atoms with E-state index >= 15 is 0 Å². The number of hydrogen-bond donors (Lipinski definition) is 1. The molecule has 7 nitrogen and oxygen atoms in total. The van der Waals surface area contributed by atoms with E-state index in [9.17, 15) is 4.79 Å². The third-order valence-electron chi connectivity index (χ3n) is 6.47. The predicted octanol–water partition coefficient (Wildman–Crippen LogP) is 2.91. The van der Waals surface area contributed by atoms with Crippen LogP contribution in [0.1, 0.15) is 48.9 Å². The van der Waals surface area contributed by atoms with E-state index in [1.165, 1.54) is 32.1 Å². The Bertz CT molecular complexity index is 790. The maximum Gasteiger partial charge on any atom is 0.253 e. The van der Waals surface area contributed by atoms with E-state index in [0.717, 1.165) is 32.7 Å². The van der Waals surface area contributed by atoms with E-state index in [4.69, 9.17) is 4.74 Å². The molecule has 3 atom stereocenters. The number of carbonyl (C=O) groups excluding carboxylic acids is 1. The van der Waals surface area contributed by atoms with Crippen molar-refractivity contribution in [3.8, 4) is 5.82 Å². The number of hydrogen-bond acceptors (Lipinski definition) is 5. The van der Waals surface area contributed by atoms with E-state index in [-0.39, 0.29) is 11.9 Å². The Morgan fingerprint density at radius 3 is 2.90 bits per heavy atom. The molecule has 1 aliphatic heterocycles. The van der Waals surface area contributed by atoms with Gasteiger partial charge in [-0.05, 0) is 62.3 Å². The Morgan fingerprint density at radius 2 is 2.13 bits per heavy atom. The van der Waals surface area contributed by atoms with Crippen LogP contribution >= 0.6 is 0 Å². The molecular formula is C23H33N5O2. The van der Waals surface area contributed by atoms with Crippen LogP contribution in [-0.4, -0.2) is 65.0 Å². The molecule has 1 unspecified atom stereocenters. The van der Waals surface area contributed by atoms with E-state index in [1.807, 2.05) is 24.4 Å². The molecule has 3 heterocycles. The normalized spacial score (nSPS) is 25.2. The van der Waals surface area contributed by atoms with Gasteiger partial charge in [-0.1, -0.05) is 12.8 Å². The lowest BCUT2D eigenvalue weighted by atomic mass is 9.83. The Labute approximate surface area is 178 Å². The molecule has 1 saturated heterocycles. The van der Waals surface area contributed by atoms with Gasteiger partial charge >= 0.3 is 0 Å². The molecule has 2 aliphatic rings. The minimum absolute atomic E-state index is 0.0256. The first-order chi connectivity index (χ1) is 14.7. The van der Waals surface area contributed by atoms with Gasteiger partial charge in [0.1, 0.15) is 0 Å². The Kier molecular flexibility index (Phi) is 7.12. The molecule has 30 heavy (non-hydrogen) atoms. The molecule has 1 aliphatic carbocycles. The second-order valence-electron chi connectivity index (χ2n) is 8.70. The van der Waals surface area contributed by atoms with Gasteiger partial charge in [-0.3, -0.25) is 4.79 Å². The van der Waals surface area contributed by atoms with Gasteiger partial charge in [-0.2, -0.15) is 5.10 Å². The summed E-state index contributed by atoms with van der Waals surface area (Å²) in [5, 5.41) is 7.49. The number of pyridine rings is 1. The number of rotatable bonds is 7. The largest absolute Gasteiger partial charge is 0.384 e. The van der Waals surface area contributed by atoms with Crippen molar-refractivity contribution >= 4 is 5.91 Å². The summed E-state index contributed by atoms with van der Waals surface area (Å²) >= 11 is 0. The standard InChI is InChI=1S/C23H33N5O2/c1-30-17-18-6-4-12-27(15-18)16-20-7-2-3-8-21(20)26-23(29)19-9-10-22(24-14-19)28-13-5-11-25-28/h5,9-11,13-14,18,20-21H,2-4,6-8,12,15-17H2,1H3,(H,26,29)/t18?,20-,21+/m0/s1. The first-order valence-electron chi connectivity index (χ1n) is 11.2. The molecule has 2 fully saturated rings. The summed E-state index contributed by atoms with van der Waals surface area (Å²) in [5.41, 5.74) is 0.605. The van der Waals surface area contributed by atoms with Crippen molar-refractivity contribution in [3.05, 3.63) is 42.4 Å². The third-order valence-corrected chi connectivity index (χ3v) is 6.47. The van der Waals surface area contributed by atoms with Crippen LogP contribution in [0.25, 0.3) is 5.82 Å². The van der Waals surface area contributed by atoms with Crippen molar-refractivity contribution in [1.29, 1.82) is 0 Å². The minimum atomic E-state index is -0.0256. The zero-order chi connectivity index (χ0) is 20.8. The molecule has 1 amide bonds. The first kappa shape index (κ1) is 21.0. The highest BCUT2D eigenvalue weighted by Gasteiger charge is 2.30. The van der Waals surface area contributed by atoms with Crippen molar-refractivity contribution in [3.63, 3.8) is 0 Å². The maximum absolute atomic E-state index is 12.9. The summed E-state index contributed by atoms with van der Waals surface area (Å²) in [5.74, 6) is 1.84. The fourth-order valence-corrected chi connectivity index (χ4v) is 4.95. The van der Waals surface area contributed by atoms with Crippen LogP contribution in [0.15, 0.2) is 36.8 Å². The number of aromatic nitrogens is 3. The lowest BCUT2D eigenvalue weighted by molar-refractivity contribution is 0.0697. The molecule has 162 valence electrons. The molecule has 0 bridgehead atoms. The lowest BCUT2D eigenvalue weighted by Crippen LogP contribution is -2.48. The SMILES string of the molecule is COCC1CCCN(C[C@@H]2CCCC[C@H]2NC(=O)c2ccc(-n3cccn3)nc2)C1. The fraction of sp³-hybridized carbons (Fsp3) is 0.609. The van der Waals surface area contributed by atoms with Gasteiger partial charge in [0.15, 0.2) is 5.82 Å². The molecular weight excluding hydrogens is 378 g/mol. The summed E-state index contributed by atoms with van der Waals surface area (Å²) in [4.78, 5) is 19.9. The summed E-state index contributed by atoms with van der Waals surface area (Å²) in [6.45, 7) is 4.20. The van der Waals surface area contributed by atoms with Crippen molar-refractivity contribution in [2.24, 2.45) is 11.8 Å². The number of piperidine rings is 1. The third kappa shape index (κ3) is 5.26. The Morgan fingerprint density at radius 1 is 1.23 bits per heavy atom. The highest BCUT2D eigenvalue weighted by atomic mass is 16.5. The van der Waals surface area contributed by atoms with Crippen LogP contribution < -0.4 is 5.32 Å². The monoisotopic (exact) mass is 411 g/mol. The molecule has 7 heteroatoms. The minimum Gasteiger partial charge on any atom is -0.384 e. The van der Waals surface area contributed by atoms with Crippen LogP contribution in [0.2, 0.25) is 0 Å². The average Bonchev–Trinajstić information content (AvgIpc) is 3.31. The van der Waals surface area contributed by atoms with Crippen LogP contribution in [0.5, 0.6) is 0 Å². The Balaban J connectivity index is 1.35. The van der Waals surface area contributed by atoms with Gasteiger partial charge in [0, 0.05) is 44.8 Å². The van der Waals surface area contributed by atoms with Crippen molar-refractivity contribution in [2.75, 3.05) is 33.4 Å². The van der Waals surface area contributed by atoms with E-state index in [2.05, 4.69) is 20.3 Å². The molecule has 1 saturated carbocycles. The van der Waals surface area contributed by atoms with E-state index in [0.29, 0.717) is 23.2 Å². The van der Waals surface area contributed by atoms with Gasteiger partial charge in [-0.15, -0.1) is 0 Å². The summed E-state index contributed by atoms with van der Waals surface area (Å²) < 4.78 is 7.07. The maximum atomic E-state index is 12.9. The average molecular weight is 412 g/mol. The Hall–Kier alpha value is -2.25. The molecule has 0 aromatic carbocycles. The van der Waals surface area contributed by atoms with Gasteiger partial charge in [0.25, 0.3) is 5.91 Å². The van der Waals surface area contributed by atoms with Gasteiger partial charge in [0.2, 0.25) is 0 Å². The van der Waals surface area contributed by atoms with Gasteiger partial charge < -0.3 is 15.0 Å². The summed E-state index contributed by atoms with van der Waals surface area (Å²) in [6.07, 6.45) is 12.4. The van der Waals surface area contributed by atoms with Gasteiger partial charge in [0.05, 0.1) is 12.2 Å². The zero-order valence-electron chi connectivity index (χ0n) is 17.9. The molecule has 0 spiro atoms. The van der Waals surface area contributed by atoms with Gasteiger partial charge in [-0.25, -0.2) is 9.67 Å². The van der Waals surface area contributed by atoms with Crippen LogP contribution in [0.4, 0.5) is 0 Å². The zero-order valence-corrected chi connectivity index (χ0v) is 17.9. The van der Waals surface area contributed by atoms with Crippen LogP contribution in [0, 0.1) is 11.8 Å². The molecule has 4 rings (SSSR count).